The second kappa shape index (κ2) is 7.34. The molecule has 1 fully saturated rings. The van der Waals surface area contributed by atoms with Crippen molar-refractivity contribution in [2.24, 2.45) is 0 Å². The molecule has 1 saturated heterocycles. The summed E-state index contributed by atoms with van der Waals surface area (Å²) in [5.41, 5.74) is 3.16. The standard InChI is InChI=1S/C19H22FN3O/c1-15-2-6-17(7-3-15)21-14-19(24)23-12-10-22(11-13-23)18-8-4-16(20)5-9-18/h2-9,21H,10-14H2,1H3. The van der Waals surface area contributed by atoms with Crippen LogP contribution in [0.25, 0.3) is 0 Å². The molecule has 24 heavy (non-hydrogen) atoms. The van der Waals surface area contributed by atoms with Gasteiger partial charge in [-0.1, -0.05) is 17.7 Å². The minimum Gasteiger partial charge on any atom is -0.376 e. The Kier molecular flexibility index (Phi) is 4.99. The van der Waals surface area contributed by atoms with Crippen LogP contribution in [0.4, 0.5) is 15.8 Å². The lowest BCUT2D eigenvalue weighted by Gasteiger charge is -2.36. The maximum absolute atomic E-state index is 13.0. The lowest BCUT2D eigenvalue weighted by Crippen LogP contribution is -2.50. The van der Waals surface area contributed by atoms with Gasteiger partial charge in [0.2, 0.25) is 5.91 Å². The minimum atomic E-state index is -0.227. The highest BCUT2D eigenvalue weighted by Gasteiger charge is 2.21. The number of aryl methyl sites for hydroxylation is 1. The van der Waals surface area contributed by atoms with Crippen molar-refractivity contribution in [3.63, 3.8) is 0 Å². The summed E-state index contributed by atoms with van der Waals surface area (Å²) in [5.74, 6) is -0.121. The molecule has 0 unspecified atom stereocenters. The fourth-order valence-corrected chi connectivity index (χ4v) is 2.83. The third kappa shape index (κ3) is 4.04. The van der Waals surface area contributed by atoms with Gasteiger partial charge in [-0.15, -0.1) is 0 Å². The topological polar surface area (TPSA) is 35.6 Å². The Hall–Kier alpha value is -2.56. The molecule has 2 aromatic carbocycles. The first-order chi connectivity index (χ1) is 11.6. The Labute approximate surface area is 141 Å². The van der Waals surface area contributed by atoms with Gasteiger partial charge < -0.3 is 15.1 Å². The number of hydrogen-bond acceptors (Lipinski definition) is 3. The second-order valence-electron chi connectivity index (χ2n) is 6.06. The molecule has 0 aliphatic carbocycles. The maximum atomic E-state index is 13.0. The lowest BCUT2D eigenvalue weighted by atomic mass is 10.2. The molecule has 1 amide bonds. The summed E-state index contributed by atoms with van der Waals surface area (Å²) in [7, 11) is 0. The fourth-order valence-electron chi connectivity index (χ4n) is 2.83. The molecule has 0 saturated carbocycles. The number of carbonyl (C=O) groups excluding carboxylic acids is 1. The first-order valence-corrected chi connectivity index (χ1v) is 8.21. The van der Waals surface area contributed by atoms with Crippen molar-refractivity contribution in [3.05, 3.63) is 59.9 Å². The van der Waals surface area contributed by atoms with Crippen LogP contribution in [-0.2, 0) is 4.79 Å². The third-order valence-corrected chi connectivity index (χ3v) is 4.32. The summed E-state index contributed by atoms with van der Waals surface area (Å²) in [6.45, 7) is 5.25. The van der Waals surface area contributed by atoms with Crippen LogP contribution in [0.2, 0.25) is 0 Å². The maximum Gasteiger partial charge on any atom is 0.241 e. The van der Waals surface area contributed by atoms with E-state index in [0.29, 0.717) is 19.6 Å². The van der Waals surface area contributed by atoms with Crippen LogP contribution in [0, 0.1) is 12.7 Å². The van der Waals surface area contributed by atoms with Crippen molar-refractivity contribution in [3.8, 4) is 0 Å². The van der Waals surface area contributed by atoms with Gasteiger partial charge in [0.15, 0.2) is 0 Å². The fraction of sp³-hybridized carbons (Fsp3) is 0.316. The van der Waals surface area contributed by atoms with Crippen molar-refractivity contribution in [2.45, 2.75) is 6.92 Å². The molecule has 4 nitrogen and oxygen atoms in total. The van der Waals surface area contributed by atoms with Crippen LogP contribution in [0.3, 0.4) is 0 Å². The number of rotatable bonds is 4. The van der Waals surface area contributed by atoms with Crippen LogP contribution in [0.5, 0.6) is 0 Å². The largest absolute Gasteiger partial charge is 0.376 e. The number of amides is 1. The van der Waals surface area contributed by atoms with E-state index >= 15 is 0 Å². The van der Waals surface area contributed by atoms with E-state index in [9.17, 15) is 9.18 Å². The quantitative estimate of drug-likeness (QED) is 0.938. The van der Waals surface area contributed by atoms with Crippen molar-refractivity contribution >= 4 is 17.3 Å². The summed E-state index contributed by atoms with van der Waals surface area (Å²) in [6, 6.07) is 14.5. The normalized spacial score (nSPS) is 14.6. The minimum absolute atomic E-state index is 0.106. The van der Waals surface area contributed by atoms with Crippen LogP contribution >= 0.6 is 0 Å². The van der Waals surface area contributed by atoms with Gasteiger partial charge in [0, 0.05) is 37.6 Å². The molecule has 0 spiro atoms. The van der Waals surface area contributed by atoms with Crippen molar-refractivity contribution in [1.82, 2.24) is 4.90 Å². The van der Waals surface area contributed by atoms with Gasteiger partial charge >= 0.3 is 0 Å². The zero-order chi connectivity index (χ0) is 16.9. The van der Waals surface area contributed by atoms with Crippen molar-refractivity contribution in [2.75, 3.05) is 42.9 Å². The Bertz CT molecular complexity index is 677. The molecule has 0 bridgehead atoms. The van der Waals surface area contributed by atoms with Gasteiger partial charge in [0.05, 0.1) is 6.54 Å². The summed E-state index contributed by atoms with van der Waals surface area (Å²) in [6.07, 6.45) is 0. The molecule has 1 aliphatic heterocycles. The molecular formula is C19H22FN3O. The predicted octanol–water partition coefficient (Wildman–Crippen LogP) is 2.89. The van der Waals surface area contributed by atoms with Crippen LogP contribution in [0.15, 0.2) is 48.5 Å². The number of anilines is 2. The molecule has 1 N–H and O–H groups in total. The van der Waals surface area contributed by atoms with Crippen LogP contribution < -0.4 is 10.2 Å². The molecule has 0 atom stereocenters. The number of carbonyl (C=O) groups is 1. The van der Waals surface area contributed by atoms with E-state index in [-0.39, 0.29) is 11.7 Å². The average molecular weight is 327 g/mol. The van der Waals surface area contributed by atoms with E-state index in [1.165, 1.54) is 17.7 Å². The number of hydrogen-bond donors (Lipinski definition) is 1. The molecule has 0 aromatic heterocycles. The highest BCUT2D eigenvalue weighted by molar-refractivity contribution is 5.81. The second-order valence-corrected chi connectivity index (χ2v) is 6.06. The number of nitrogens with zero attached hydrogens (tertiary/aromatic N) is 2. The molecule has 1 aliphatic rings. The summed E-state index contributed by atoms with van der Waals surface area (Å²) >= 11 is 0. The first-order valence-electron chi connectivity index (χ1n) is 8.21. The number of nitrogens with one attached hydrogen (secondary N) is 1. The molecule has 3 rings (SSSR count). The van der Waals surface area contributed by atoms with E-state index in [1.807, 2.05) is 36.1 Å². The number of benzene rings is 2. The van der Waals surface area contributed by atoms with E-state index in [1.54, 1.807) is 12.1 Å². The first kappa shape index (κ1) is 16.3. The van der Waals surface area contributed by atoms with Gasteiger partial charge in [-0.3, -0.25) is 4.79 Å². The monoisotopic (exact) mass is 327 g/mol. The zero-order valence-electron chi connectivity index (χ0n) is 13.8. The Balaban J connectivity index is 1.48. The van der Waals surface area contributed by atoms with Gasteiger partial charge in [0.25, 0.3) is 0 Å². The molecule has 0 radical (unpaired) electrons. The predicted molar refractivity (Wildman–Crippen MR) is 94.9 cm³/mol. The van der Waals surface area contributed by atoms with Crippen molar-refractivity contribution < 1.29 is 9.18 Å². The van der Waals surface area contributed by atoms with E-state index in [2.05, 4.69) is 10.2 Å². The Morgan fingerprint density at radius 3 is 2.25 bits per heavy atom. The zero-order valence-corrected chi connectivity index (χ0v) is 13.8. The van der Waals surface area contributed by atoms with Crippen LogP contribution in [0.1, 0.15) is 5.56 Å². The van der Waals surface area contributed by atoms with E-state index < -0.39 is 0 Å². The highest BCUT2D eigenvalue weighted by atomic mass is 19.1. The van der Waals surface area contributed by atoms with Crippen molar-refractivity contribution in [1.29, 1.82) is 0 Å². The molecule has 1 heterocycles. The Morgan fingerprint density at radius 2 is 1.62 bits per heavy atom. The summed E-state index contributed by atoms with van der Waals surface area (Å²) in [5, 5.41) is 3.17. The number of piperazine rings is 1. The van der Waals surface area contributed by atoms with Crippen LogP contribution in [-0.4, -0.2) is 43.5 Å². The van der Waals surface area contributed by atoms with Gasteiger partial charge in [0.1, 0.15) is 5.82 Å². The molecule has 5 heteroatoms. The van der Waals surface area contributed by atoms with Gasteiger partial charge in [-0.05, 0) is 43.3 Å². The molecule has 2 aromatic rings. The molecular weight excluding hydrogens is 305 g/mol. The summed E-state index contributed by atoms with van der Waals surface area (Å²) in [4.78, 5) is 16.4. The average Bonchev–Trinajstić information content (AvgIpc) is 2.62. The van der Waals surface area contributed by atoms with E-state index in [4.69, 9.17) is 0 Å². The third-order valence-electron chi connectivity index (χ3n) is 4.32. The lowest BCUT2D eigenvalue weighted by molar-refractivity contribution is -0.129. The van der Waals surface area contributed by atoms with Gasteiger partial charge in [-0.25, -0.2) is 4.39 Å². The summed E-state index contributed by atoms with van der Waals surface area (Å²) < 4.78 is 13.0. The number of halogens is 1. The van der Waals surface area contributed by atoms with E-state index in [0.717, 1.165) is 24.5 Å². The Morgan fingerprint density at radius 1 is 1.00 bits per heavy atom. The molecule has 126 valence electrons. The smallest absolute Gasteiger partial charge is 0.241 e. The van der Waals surface area contributed by atoms with Gasteiger partial charge in [-0.2, -0.15) is 0 Å². The highest BCUT2D eigenvalue weighted by Crippen LogP contribution is 2.17. The SMILES string of the molecule is Cc1ccc(NCC(=O)N2CCN(c3ccc(F)cc3)CC2)cc1.